The minimum atomic E-state index is 0.480. The number of rotatable bonds is 5. The molecule has 0 aliphatic carbocycles. The van der Waals surface area contributed by atoms with Crippen LogP contribution in [0.15, 0.2) is 36.7 Å². The number of benzene rings is 1. The Labute approximate surface area is 106 Å². The summed E-state index contributed by atoms with van der Waals surface area (Å²) in [4.78, 5) is 8.40. The summed E-state index contributed by atoms with van der Waals surface area (Å²) < 4.78 is 10.7. The number of aromatic nitrogens is 2. The molecule has 94 valence electrons. The molecule has 0 fully saturated rings. The Morgan fingerprint density at radius 1 is 1.11 bits per heavy atom. The highest BCUT2D eigenvalue weighted by Crippen LogP contribution is 2.21. The second kappa shape index (κ2) is 5.97. The van der Waals surface area contributed by atoms with Gasteiger partial charge in [-0.15, -0.1) is 0 Å². The van der Waals surface area contributed by atoms with E-state index in [-0.39, 0.29) is 0 Å². The van der Waals surface area contributed by atoms with Crippen LogP contribution in [0.4, 0.5) is 0 Å². The summed E-state index contributed by atoms with van der Waals surface area (Å²) >= 11 is 0. The van der Waals surface area contributed by atoms with Crippen molar-refractivity contribution >= 4 is 0 Å². The molecule has 18 heavy (non-hydrogen) atoms. The SMILES string of the molecule is CNCc1cncc(Oc2ccc(OC)cc2)n1. The first-order valence-electron chi connectivity index (χ1n) is 5.59. The largest absolute Gasteiger partial charge is 0.497 e. The standard InChI is InChI=1S/C13H15N3O2/c1-14-7-10-8-15-9-13(16-10)18-12-5-3-11(17-2)4-6-12/h3-6,8-9,14H,7H2,1-2H3. The topological polar surface area (TPSA) is 56.3 Å². The van der Waals surface area contributed by atoms with Crippen LogP contribution in [0.1, 0.15) is 5.69 Å². The number of nitrogens with zero attached hydrogens (tertiary/aromatic N) is 2. The van der Waals surface area contributed by atoms with Crippen LogP contribution in [0, 0.1) is 0 Å². The lowest BCUT2D eigenvalue weighted by atomic mass is 10.3. The minimum absolute atomic E-state index is 0.480. The number of methoxy groups -OCH3 is 1. The van der Waals surface area contributed by atoms with Crippen molar-refractivity contribution in [3.63, 3.8) is 0 Å². The van der Waals surface area contributed by atoms with E-state index in [4.69, 9.17) is 9.47 Å². The molecule has 1 heterocycles. The molecular formula is C13H15N3O2. The van der Waals surface area contributed by atoms with E-state index in [0.29, 0.717) is 18.2 Å². The van der Waals surface area contributed by atoms with Gasteiger partial charge in [0.05, 0.1) is 19.0 Å². The molecule has 0 spiro atoms. The van der Waals surface area contributed by atoms with Gasteiger partial charge in [0.1, 0.15) is 11.5 Å². The smallest absolute Gasteiger partial charge is 0.238 e. The second-order valence-corrected chi connectivity index (χ2v) is 3.66. The van der Waals surface area contributed by atoms with Gasteiger partial charge in [-0.2, -0.15) is 0 Å². The van der Waals surface area contributed by atoms with Gasteiger partial charge in [0.25, 0.3) is 0 Å². The zero-order chi connectivity index (χ0) is 12.8. The molecule has 0 saturated carbocycles. The van der Waals surface area contributed by atoms with Crippen molar-refractivity contribution < 1.29 is 9.47 Å². The molecule has 5 heteroatoms. The van der Waals surface area contributed by atoms with Crippen molar-refractivity contribution in [1.29, 1.82) is 0 Å². The zero-order valence-electron chi connectivity index (χ0n) is 10.4. The van der Waals surface area contributed by atoms with Gasteiger partial charge in [-0.3, -0.25) is 4.98 Å². The molecule has 1 aromatic carbocycles. The predicted octanol–water partition coefficient (Wildman–Crippen LogP) is 2.00. The summed E-state index contributed by atoms with van der Waals surface area (Å²) in [5.41, 5.74) is 0.837. The third-order valence-corrected chi connectivity index (χ3v) is 2.30. The van der Waals surface area contributed by atoms with Gasteiger partial charge < -0.3 is 14.8 Å². The lowest BCUT2D eigenvalue weighted by molar-refractivity contribution is 0.412. The fourth-order valence-electron chi connectivity index (χ4n) is 1.47. The molecule has 1 N–H and O–H groups in total. The van der Waals surface area contributed by atoms with Gasteiger partial charge in [-0.1, -0.05) is 0 Å². The van der Waals surface area contributed by atoms with E-state index in [1.165, 1.54) is 0 Å². The molecular weight excluding hydrogens is 230 g/mol. The molecule has 0 aliphatic heterocycles. The van der Waals surface area contributed by atoms with Crippen molar-refractivity contribution in [3.05, 3.63) is 42.4 Å². The van der Waals surface area contributed by atoms with Gasteiger partial charge in [-0.25, -0.2) is 4.98 Å². The Morgan fingerprint density at radius 3 is 2.50 bits per heavy atom. The molecule has 5 nitrogen and oxygen atoms in total. The maximum absolute atomic E-state index is 5.61. The first kappa shape index (κ1) is 12.3. The van der Waals surface area contributed by atoms with Crippen LogP contribution in [0.25, 0.3) is 0 Å². The van der Waals surface area contributed by atoms with Crippen LogP contribution in [0.5, 0.6) is 17.4 Å². The van der Waals surface area contributed by atoms with E-state index in [2.05, 4.69) is 15.3 Å². The maximum atomic E-state index is 5.61. The predicted molar refractivity (Wildman–Crippen MR) is 67.9 cm³/mol. The van der Waals surface area contributed by atoms with Crippen molar-refractivity contribution in [2.45, 2.75) is 6.54 Å². The van der Waals surface area contributed by atoms with Crippen molar-refractivity contribution in [1.82, 2.24) is 15.3 Å². The number of nitrogens with one attached hydrogen (secondary N) is 1. The molecule has 0 aliphatic rings. The highest BCUT2D eigenvalue weighted by molar-refractivity contribution is 5.33. The summed E-state index contributed by atoms with van der Waals surface area (Å²) in [6.45, 7) is 0.660. The summed E-state index contributed by atoms with van der Waals surface area (Å²) in [5, 5.41) is 3.02. The van der Waals surface area contributed by atoms with Crippen LogP contribution in [-0.4, -0.2) is 24.1 Å². The molecule has 0 atom stereocenters. The molecule has 2 aromatic rings. The monoisotopic (exact) mass is 245 g/mol. The van der Waals surface area contributed by atoms with Crippen LogP contribution < -0.4 is 14.8 Å². The lowest BCUT2D eigenvalue weighted by Gasteiger charge is -2.06. The Hall–Kier alpha value is -2.14. The van der Waals surface area contributed by atoms with Crippen LogP contribution in [0.3, 0.4) is 0 Å². The average Bonchev–Trinajstić information content (AvgIpc) is 2.40. The first-order chi connectivity index (χ1) is 8.81. The van der Waals surface area contributed by atoms with Crippen LogP contribution >= 0.6 is 0 Å². The number of ether oxygens (including phenoxy) is 2. The van der Waals surface area contributed by atoms with E-state index in [1.54, 1.807) is 19.5 Å². The fourth-order valence-corrected chi connectivity index (χ4v) is 1.47. The third kappa shape index (κ3) is 3.18. The van der Waals surface area contributed by atoms with E-state index < -0.39 is 0 Å². The summed E-state index contributed by atoms with van der Waals surface area (Å²) in [6, 6.07) is 7.32. The van der Waals surface area contributed by atoms with Crippen molar-refractivity contribution in [3.8, 4) is 17.4 Å². The molecule has 0 amide bonds. The van der Waals surface area contributed by atoms with Crippen molar-refractivity contribution in [2.75, 3.05) is 14.2 Å². The lowest BCUT2D eigenvalue weighted by Crippen LogP contribution is -2.07. The minimum Gasteiger partial charge on any atom is -0.497 e. The molecule has 0 saturated heterocycles. The van der Waals surface area contributed by atoms with Gasteiger partial charge >= 0.3 is 0 Å². The van der Waals surface area contributed by atoms with E-state index in [1.807, 2.05) is 31.3 Å². The van der Waals surface area contributed by atoms with Gasteiger partial charge in [0, 0.05) is 12.7 Å². The highest BCUT2D eigenvalue weighted by atomic mass is 16.5. The molecule has 1 aromatic heterocycles. The van der Waals surface area contributed by atoms with Crippen LogP contribution in [-0.2, 0) is 6.54 Å². The second-order valence-electron chi connectivity index (χ2n) is 3.66. The highest BCUT2D eigenvalue weighted by Gasteiger charge is 2.01. The summed E-state index contributed by atoms with van der Waals surface area (Å²) in [6.07, 6.45) is 3.29. The first-order valence-corrected chi connectivity index (χ1v) is 5.59. The normalized spacial score (nSPS) is 10.1. The van der Waals surface area contributed by atoms with Gasteiger partial charge in [0.2, 0.25) is 5.88 Å². The Balaban J connectivity index is 2.09. The zero-order valence-corrected chi connectivity index (χ0v) is 10.4. The summed E-state index contributed by atoms with van der Waals surface area (Å²) in [5.74, 6) is 1.97. The quantitative estimate of drug-likeness (QED) is 0.873. The number of hydrogen-bond acceptors (Lipinski definition) is 5. The fraction of sp³-hybridized carbons (Fsp3) is 0.231. The molecule has 0 bridgehead atoms. The molecule has 0 radical (unpaired) electrons. The van der Waals surface area contributed by atoms with Crippen LogP contribution in [0.2, 0.25) is 0 Å². The average molecular weight is 245 g/mol. The van der Waals surface area contributed by atoms with Gasteiger partial charge in [-0.05, 0) is 31.3 Å². The third-order valence-electron chi connectivity index (χ3n) is 2.30. The Morgan fingerprint density at radius 2 is 1.83 bits per heavy atom. The molecule has 0 unspecified atom stereocenters. The maximum Gasteiger partial charge on any atom is 0.238 e. The number of hydrogen-bond donors (Lipinski definition) is 1. The van der Waals surface area contributed by atoms with Gasteiger partial charge in [0.15, 0.2) is 0 Å². The Bertz CT molecular complexity index is 500. The van der Waals surface area contributed by atoms with E-state index in [9.17, 15) is 0 Å². The summed E-state index contributed by atoms with van der Waals surface area (Å²) in [7, 11) is 3.49. The Kier molecular flexibility index (Phi) is 4.09. The molecule has 2 rings (SSSR count). The van der Waals surface area contributed by atoms with E-state index >= 15 is 0 Å². The van der Waals surface area contributed by atoms with Crippen molar-refractivity contribution in [2.24, 2.45) is 0 Å². The van der Waals surface area contributed by atoms with E-state index in [0.717, 1.165) is 11.4 Å².